The summed E-state index contributed by atoms with van der Waals surface area (Å²) in [6.45, 7) is 0. The van der Waals surface area contributed by atoms with Gasteiger partial charge in [-0.2, -0.15) is 0 Å². The van der Waals surface area contributed by atoms with Crippen LogP contribution in [0.5, 0.6) is 0 Å². The molecule has 0 amide bonds. The van der Waals surface area contributed by atoms with Crippen molar-refractivity contribution in [2.24, 2.45) is 0 Å². The number of nitrogens with zero attached hydrogens (tertiary/aromatic N) is 2. The number of ether oxygens (including phenoxy) is 1. The van der Waals surface area contributed by atoms with Crippen molar-refractivity contribution in [3.8, 4) is 0 Å². The Labute approximate surface area is 76.0 Å². The number of hydrogen-bond donors (Lipinski definition) is 0. The van der Waals surface area contributed by atoms with E-state index in [1.54, 1.807) is 12.4 Å². The standard InChI is InChI=1S/C9H10N2O2/c1-13-8(12)9(2-3-9)7-4-10-6-11-5-7/h4-6H,2-3H2,1H3. The lowest BCUT2D eigenvalue weighted by Crippen LogP contribution is -2.22. The number of carbonyl (C=O) groups is 1. The van der Waals surface area contributed by atoms with E-state index in [2.05, 4.69) is 9.97 Å². The average molecular weight is 178 g/mol. The number of rotatable bonds is 2. The molecule has 1 aliphatic carbocycles. The van der Waals surface area contributed by atoms with E-state index in [1.807, 2.05) is 0 Å². The van der Waals surface area contributed by atoms with Crippen molar-refractivity contribution in [2.45, 2.75) is 18.3 Å². The van der Waals surface area contributed by atoms with Crippen LogP contribution in [0.3, 0.4) is 0 Å². The molecule has 0 bridgehead atoms. The molecule has 1 aromatic rings. The van der Waals surface area contributed by atoms with Crippen molar-refractivity contribution in [3.63, 3.8) is 0 Å². The highest BCUT2D eigenvalue weighted by Gasteiger charge is 2.52. The summed E-state index contributed by atoms with van der Waals surface area (Å²) < 4.78 is 4.74. The van der Waals surface area contributed by atoms with Gasteiger partial charge in [0.1, 0.15) is 6.33 Å². The highest BCUT2D eigenvalue weighted by molar-refractivity contribution is 5.86. The predicted molar refractivity (Wildman–Crippen MR) is 45.0 cm³/mol. The van der Waals surface area contributed by atoms with E-state index in [0.29, 0.717) is 0 Å². The van der Waals surface area contributed by atoms with Gasteiger partial charge in [-0.05, 0) is 12.8 Å². The molecule has 0 saturated heterocycles. The summed E-state index contributed by atoms with van der Waals surface area (Å²) in [4.78, 5) is 19.2. The normalized spacial score (nSPS) is 17.9. The largest absolute Gasteiger partial charge is 0.468 e. The zero-order valence-corrected chi connectivity index (χ0v) is 7.36. The predicted octanol–water partition coefficient (Wildman–Crippen LogP) is 0.681. The van der Waals surface area contributed by atoms with Crippen molar-refractivity contribution >= 4 is 5.97 Å². The van der Waals surface area contributed by atoms with Crippen LogP contribution in [-0.2, 0) is 14.9 Å². The number of aromatic nitrogens is 2. The first-order valence-corrected chi connectivity index (χ1v) is 4.13. The van der Waals surface area contributed by atoms with E-state index in [9.17, 15) is 4.79 Å². The zero-order chi connectivity index (χ0) is 9.31. The Morgan fingerprint density at radius 2 is 2.08 bits per heavy atom. The van der Waals surface area contributed by atoms with Crippen molar-refractivity contribution in [3.05, 3.63) is 24.3 Å². The van der Waals surface area contributed by atoms with Gasteiger partial charge >= 0.3 is 5.97 Å². The Balaban J connectivity index is 2.31. The van der Waals surface area contributed by atoms with Crippen LogP contribution in [0.4, 0.5) is 0 Å². The van der Waals surface area contributed by atoms with E-state index in [-0.39, 0.29) is 5.97 Å². The average Bonchev–Trinajstić information content (AvgIpc) is 2.99. The maximum absolute atomic E-state index is 11.4. The van der Waals surface area contributed by atoms with E-state index in [1.165, 1.54) is 13.4 Å². The molecule has 0 aromatic carbocycles. The number of methoxy groups -OCH3 is 1. The van der Waals surface area contributed by atoms with Crippen molar-refractivity contribution in [1.82, 2.24) is 9.97 Å². The molecule has 0 aliphatic heterocycles. The van der Waals surface area contributed by atoms with E-state index in [0.717, 1.165) is 18.4 Å². The molecule has 1 heterocycles. The van der Waals surface area contributed by atoms with Gasteiger partial charge in [-0.25, -0.2) is 9.97 Å². The fraction of sp³-hybridized carbons (Fsp3) is 0.444. The van der Waals surface area contributed by atoms with Crippen molar-refractivity contribution < 1.29 is 9.53 Å². The van der Waals surface area contributed by atoms with Gasteiger partial charge in [-0.1, -0.05) is 0 Å². The second kappa shape index (κ2) is 2.80. The Bertz CT molecular complexity index is 320. The molecule has 13 heavy (non-hydrogen) atoms. The highest BCUT2D eigenvalue weighted by atomic mass is 16.5. The van der Waals surface area contributed by atoms with E-state index in [4.69, 9.17) is 4.74 Å². The Morgan fingerprint density at radius 3 is 2.54 bits per heavy atom. The molecule has 4 heteroatoms. The molecular weight excluding hydrogens is 168 g/mol. The van der Waals surface area contributed by atoms with Gasteiger partial charge in [0, 0.05) is 18.0 Å². The highest BCUT2D eigenvalue weighted by Crippen LogP contribution is 2.48. The SMILES string of the molecule is COC(=O)C1(c2cncnc2)CC1. The monoisotopic (exact) mass is 178 g/mol. The molecule has 4 nitrogen and oxygen atoms in total. The molecule has 68 valence electrons. The Kier molecular flexibility index (Phi) is 1.76. The molecular formula is C9H10N2O2. The van der Waals surface area contributed by atoms with Gasteiger partial charge in [0.25, 0.3) is 0 Å². The summed E-state index contributed by atoms with van der Waals surface area (Å²) in [7, 11) is 1.41. The minimum absolute atomic E-state index is 0.178. The minimum Gasteiger partial charge on any atom is -0.468 e. The first-order valence-electron chi connectivity index (χ1n) is 4.13. The van der Waals surface area contributed by atoms with Crippen LogP contribution in [0, 0.1) is 0 Å². The fourth-order valence-electron chi connectivity index (χ4n) is 1.48. The number of hydrogen-bond acceptors (Lipinski definition) is 4. The minimum atomic E-state index is -0.435. The lowest BCUT2D eigenvalue weighted by molar-refractivity contribution is -0.143. The summed E-state index contributed by atoms with van der Waals surface area (Å²) in [6.07, 6.45) is 6.49. The Hall–Kier alpha value is -1.45. The third-order valence-corrected chi connectivity index (χ3v) is 2.44. The third-order valence-electron chi connectivity index (χ3n) is 2.44. The summed E-state index contributed by atoms with van der Waals surface area (Å²) in [5, 5.41) is 0. The summed E-state index contributed by atoms with van der Waals surface area (Å²) in [5.74, 6) is -0.178. The molecule has 1 aromatic heterocycles. The van der Waals surface area contributed by atoms with Gasteiger partial charge in [-0.3, -0.25) is 4.79 Å². The Morgan fingerprint density at radius 1 is 1.46 bits per heavy atom. The molecule has 0 atom stereocenters. The van der Waals surface area contributed by atoms with Gasteiger partial charge in [0.15, 0.2) is 0 Å². The van der Waals surface area contributed by atoms with Crippen LogP contribution in [0.2, 0.25) is 0 Å². The topological polar surface area (TPSA) is 52.1 Å². The lowest BCUT2D eigenvalue weighted by Gasteiger charge is -2.10. The van der Waals surface area contributed by atoms with Crippen molar-refractivity contribution in [2.75, 3.05) is 7.11 Å². The lowest BCUT2D eigenvalue weighted by atomic mass is 10.00. The van der Waals surface area contributed by atoms with Crippen LogP contribution in [0.25, 0.3) is 0 Å². The second-order valence-electron chi connectivity index (χ2n) is 3.20. The fourth-order valence-corrected chi connectivity index (χ4v) is 1.48. The molecule has 0 radical (unpaired) electrons. The molecule has 1 fully saturated rings. The first kappa shape index (κ1) is 8.16. The number of esters is 1. The quantitative estimate of drug-likeness (QED) is 0.625. The smallest absolute Gasteiger partial charge is 0.316 e. The summed E-state index contributed by atoms with van der Waals surface area (Å²) in [6, 6.07) is 0. The molecule has 0 N–H and O–H groups in total. The zero-order valence-electron chi connectivity index (χ0n) is 7.36. The maximum Gasteiger partial charge on any atom is 0.316 e. The molecule has 1 aliphatic rings. The molecule has 0 spiro atoms. The molecule has 0 unspecified atom stereocenters. The van der Waals surface area contributed by atoms with Crippen LogP contribution < -0.4 is 0 Å². The number of carbonyl (C=O) groups excluding carboxylic acids is 1. The summed E-state index contributed by atoms with van der Waals surface area (Å²) >= 11 is 0. The van der Waals surface area contributed by atoms with Crippen LogP contribution in [0.15, 0.2) is 18.7 Å². The van der Waals surface area contributed by atoms with Gasteiger partial charge in [0.05, 0.1) is 12.5 Å². The summed E-state index contributed by atoms with van der Waals surface area (Å²) in [5.41, 5.74) is 0.428. The van der Waals surface area contributed by atoms with Crippen LogP contribution in [0.1, 0.15) is 18.4 Å². The van der Waals surface area contributed by atoms with Crippen LogP contribution in [-0.4, -0.2) is 23.0 Å². The molecule has 2 rings (SSSR count). The second-order valence-corrected chi connectivity index (χ2v) is 3.20. The van der Waals surface area contributed by atoms with E-state index < -0.39 is 5.41 Å². The third kappa shape index (κ3) is 1.18. The molecule has 1 saturated carbocycles. The van der Waals surface area contributed by atoms with Gasteiger partial charge in [0.2, 0.25) is 0 Å². The van der Waals surface area contributed by atoms with Crippen LogP contribution >= 0.6 is 0 Å². The van der Waals surface area contributed by atoms with Crippen molar-refractivity contribution in [1.29, 1.82) is 0 Å². The van der Waals surface area contributed by atoms with Gasteiger partial charge < -0.3 is 4.74 Å². The first-order chi connectivity index (χ1) is 6.29. The van der Waals surface area contributed by atoms with E-state index >= 15 is 0 Å². The maximum atomic E-state index is 11.4. The van der Waals surface area contributed by atoms with Gasteiger partial charge in [-0.15, -0.1) is 0 Å².